The van der Waals surface area contributed by atoms with Gasteiger partial charge in [-0.05, 0) is 81.3 Å². The molecule has 0 spiro atoms. The first-order chi connectivity index (χ1) is 14.9. The molecular weight excluding hydrogens is 408 g/mol. The smallest absolute Gasteiger partial charge is 0.260 e. The average Bonchev–Trinajstić information content (AvgIpc) is 2.78. The van der Waals surface area contributed by atoms with Crippen molar-refractivity contribution in [3.05, 3.63) is 59.7 Å². The first-order valence-corrected chi connectivity index (χ1v) is 12.0. The molecule has 2 atom stereocenters. The van der Waals surface area contributed by atoms with E-state index in [-0.39, 0.29) is 30.5 Å². The third-order valence-corrected chi connectivity index (χ3v) is 6.61. The zero-order valence-corrected chi connectivity index (χ0v) is 19.7. The Morgan fingerprint density at radius 2 is 1.65 bits per heavy atom. The highest BCUT2D eigenvalue weighted by molar-refractivity contribution is 7.98. The Morgan fingerprint density at radius 1 is 1.03 bits per heavy atom. The van der Waals surface area contributed by atoms with Crippen molar-refractivity contribution < 1.29 is 14.3 Å². The predicted octanol–water partition coefficient (Wildman–Crippen LogP) is 4.85. The summed E-state index contributed by atoms with van der Waals surface area (Å²) in [6, 6.07) is 15.8. The number of likely N-dealkylation sites (tertiary alicyclic amines) is 1. The molecule has 31 heavy (non-hydrogen) atoms. The van der Waals surface area contributed by atoms with Gasteiger partial charge in [-0.2, -0.15) is 0 Å². The molecule has 0 N–H and O–H groups in total. The van der Waals surface area contributed by atoms with Gasteiger partial charge in [0.05, 0.1) is 0 Å². The molecular formula is C25H32N2O3S. The van der Waals surface area contributed by atoms with E-state index in [0.717, 1.165) is 18.4 Å². The number of hydrogen-bond donors (Lipinski definition) is 0. The van der Waals surface area contributed by atoms with Crippen molar-refractivity contribution in [2.75, 3.05) is 19.9 Å². The topological polar surface area (TPSA) is 49.9 Å². The zero-order chi connectivity index (χ0) is 22.4. The average molecular weight is 441 g/mol. The van der Waals surface area contributed by atoms with E-state index in [9.17, 15) is 9.59 Å². The van der Waals surface area contributed by atoms with E-state index in [2.05, 4.69) is 26.0 Å². The lowest BCUT2D eigenvalue weighted by molar-refractivity contribution is -0.139. The second kappa shape index (κ2) is 10.7. The van der Waals surface area contributed by atoms with Gasteiger partial charge in [0.15, 0.2) is 6.61 Å². The van der Waals surface area contributed by atoms with Crippen LogP contribution in [0.1, 0.15) is 49.0 Å². The largest absolute Gasteiger partial charge is 0.484 e. The normalized spacial score (nSPS) is 18.5. The van der Waals surface area contributed by atoms with Crippen LogP contribution in [0.5, 0.6) is 5.75 Å². The predicted molar refractivity (Wildman–Crippen MR) is 126 cm³/mol. The Bertz CT molecular complexity index is 873. The minimum atomic E-state index is -0.0486. The number of piperidine rings is 1. The Morgan fingerprint density at radius 3 is 2.23 bits per heavy atom. The van der Waals surface area contributed by atoms with Crippen LogP contribution >= 0.6 is 11.8 Å². The molecule has 1 fully saturated rings. The van der Waals surface area contributed by atoms with Crippen LogP contribution in [0, 0.1) is 0 Å². The summed E-state index contributed by atoms with van der Waals surface area (Å²) in [5.41, 5.74) is 1.69. The first-order valence-electron chi connectivity index (χ1n) is 10.8. The fourth-order valence-corrected chi connectivity index (χ4v) is 4.53. The summed E-state index contributed by atoms with van der Waals surface area (Å²) in [5, 5.41) is 0. The van der Waals surface area contributed by atoms with Crippen molar-refractivity contribution >= 4 is 23.6 Å². The molecule has 6 heteroatoms. The number of nitrogens with zero attached hydrogens (tertiary/aromatic N) is 2. The van der Waals surface area contributed by atoms with Crippen LogP contribution in [0.4, 0.5) is 0 Å². The summed E-state index contributed by atoms with van der Waals surface area (Å²) in [7, 11) is 1.80. The number of benzene rings is 2. The van der Waals surface area contributed by atoms with Gasteiger partial charge in [-0.1, -0.05) is 12.1 Å². The van der Waals surface area contributed by atoms with Crippen molar-refractivity contribution in [3.8, 4) is 5.75 Å². The van der Waals surface area contributed by atoms with Crippen molar-refractivity contribution in [2.45, 2.75) is 56.6 Å². The Kier molecular flexibility index (Phi) is 8.02. The van der Waals surface area contributed by atoms with Gasteiger partial charge in [0.1, 0.15) is 5.75 Å². The quantitative estimate of drug-likeness (QED) is 0.578. The second-order valence-corrected chi connectivity index (χ2v) is 9.13. The summed E-state index contributed by atoms with van der Waals surface area (Å²) < 4.78 is 5.71. The van der Waals surface area contributed by atoms with Gasteiger partial charge in [0.2, 0.25) is 0 Å². The Balaban J connectivity index is 1.53. The molecule has 0 aliphatic carbocycles. The third-order valence-electron chi connectivity index (χ3n) is 5.87. The maximum absolute atomic E-state index is 12.7. The van der Waals surface area contributed by atoms with E-state index < -0.39 is 0 Å². The molecule has 0 radical (unpaired) electrons. The fourth-order valence-electron chi connectivity index (χ4n) is 4.12. The lowest BCUT2D eigenvalue weighted by Crippen LogP contribution is -2.49. The number of amides is 2. The molecule has 2 amide bonds. The van der Waals surface area contributed by atoms with Crippen LogP contribution in [0.2, 0.25) is 0 Å². The van der Waals surface area contributed by atoms with Crippen molar-refractivity contribution in [2.24, 2.45) is 0 Å². The number of carbonyl (C=O) groups is 2. The van der Waals surface area contributed by atoms with Gasteiger partial charge in [-0.15, -0.1) is 11.8 Å². The van der Waals surface area contributed by atoms with Crippen LogP contribution in [0.15, 0.2) is 53.4 Å². The van der Waals surface area contributed by atoms with Gasteiger partial charge in [-0.3, -0.25) is 9.59 Å². The minimum absolute atomic E-state index is 0.0204. The summed E-state index contributed by atoms with van der Waals surface area (Å²) >= 11 is 1.70. The summed E-state index contributed by atoms with van der Waals surface area (Å²) in [5.74, 6) is 0.567. The van der Waals surface area contributed by atoms with Crippen molar-refractivity contribution in [3.63, 3.8) is 0 Å². The van der Waals surface area contributed by atoms with Crippen LogP contribution in [0.3, 0.4) is 0 Å². The lowest BCUT2D eigenvalue weighted by Gasteiger charge is -2.38. The van der Waals surface area contributed by atoms with E-state index in [0.29, 0.717) is 17.9 Å². The van der Waals surface area contributed by atoms with E-state index in [1.807, 2.05) is 23.3 Å². The molecule has 166 valence electrons. The van der Waals surface area contributed by atoms with Crippen LogP contribution < -0.4 is 4.74 Å². The summed E-state index contributed by atoms with van der Waals surface area (Å²) in [6.07, 6.45) is 5.30. The van der Waals surface area contributed by atoms with E-state index in [4.69, 9.17) is 4.74 Å². The molecule has 2 unspecified atom stereocenters. The number of hydrogen-bond acceptors (Lipinski definition) is 4. The molecule has 2 aromatic rings. The molecule has 0 bridgehead atoms. The maximum atomic E-state index is 12.7. The first kappa shape index (κ1) is 23.2. The van der Waals surface area contributed by atoms with E-state index in [1.165, 1.54) is 11.3 Å². The fraction of sp³-hybridized carbons (Fsp3) is 0.440. The van der Waals surface area contributed by atoms with E-state index >= 15 is 0 Å². The molecule has 5 nitrogen and oxygen atoms in total. The van der Waals surface area contributed by atoms with Crippen molar-refractivity contribution in [1.82, 2.24) is 9.80 Å². The SMILES string of the molecule is CSc1ccc(CN(C)C(=O)c2ccc(OCC(=O)N3C(C)CCCC3C)cc2)cc1. The highest BCUT2D eigenvalue weighted by Crippen LogP contribution is 2.23. The van der Waals surface area contributed by atoms with Gasteiger partial charge >= 0.3 is 0 Å². The van der Waals surface area contributed by atoms with Crippen LogP contribution in [0.25, 0.3) is 0 Å². The van der Waals surface area contributed by atoms with Crippen LogP contribution in [-0.4, -0.2) is 53.6 Å². The molecule has 1 heterocycles. The molecule has 1 aliphatic heterocycles. The highest BCUT2D eigenvalue weighted by atomic mass is 32.2. The van der Waals surface area contributed by atoms with Gasteiger partial charge < -0.3 is 14.5 Å². The number of ether oxygens (including phenoxy) is 1. The Hall–Kier alpha value is -2.47. The van der Waals surface area contributed by atoms with Crippen LogP contribution in [-0.2, 0) is 11.3 Å². The number of carbonyl (C=O) groups excluding carboxylic acids is 2. The van der Waals surface area contributed by atoms with Crippen molar-refractivity contribution in [1.29, 1.82) is 0 Å². The zero-order valence-electron chi connectivity index (χ0n) is 18.8. The lowest BCUT2D eigenvalue weighted by atomic mass is 9.97. The second-order valence-electron chi connectivity index (χ2n) is 8.25. The maximum Gasteiger partial charge on any atom is 0.260 e. The molecule has 0 saturated carbocycles. The number of thioether (sulfide) groups is 1. The van der Waals surface area contributed by atoms with Gasteiger partial charge in [0.25, 0.3) is 11.8 Å². The molecule has 1 saturated heterocycles. The van der Waals surface area contributed by atoms with Gasteiger partial charge in [0, 0.05) is 36.1 Å². The molecule has 3 rings (SSSR count). The Labute approximate surface area is 189 Å². The summed E-state index contributed by atoms with van der Waals surface area (Å²) in [4.78, 5) is 30.2. The van der Waals surface area contributed by atoms with E-state index in [1.54, 1.807) is 48.0 Å². The third kappa shape index (κ3) is 6.03. The minimum Gasteiger partial charge on any atom is -0.484 e. The monoisotopic (exact) mass is 440 g/mol. The molecule has 1 aliphatic rings. The van der Waals surface area contributed by atoms with Gasteiger partial charge in [-0.25, -0.2) is 0 Å². The summed E-state index contributed by atoms with van der Waals surface area (Å²) in [6.45, 7) is 4.77. The highest BCUT2D eigenvalue weighted by Gasteiger charge is 2.29. The molecule has 0 aromatic heterocycles. The molecule has 2 aromatic carbocycles. The standard InChI is InChI=1S/C25H32N2O3S/c1-18-6-5-7-19(2)27(18)24(28)17-30-22-12-10-21(11-13-22)25(29)26(3)16-20-8-14-23(31-4)15-9-20/h8-15,18-19H,5-7,16-17H2,1-4H3. The number of rotatable bonds is 7.